The van der Waals surface area contributed by atoms with Gasteiger partial charge in [0, 0.05) is 5.02 Å². The maximum atomic E-state index is 12.8. The number of hydrogen-bond donors (Lipinski definition) is 3. The molecule has 0 aromatic heterocycles. The molecule has 0 saturated heterocycles. The number of aliphatic carboxylic acids is 1. The van der Waals surface area contributed by atoms with Crippen LogP contribution in [0.4, 0.5) is 9.18 Å². The van der Waals surface area contributed by atoms with Crippen molar-refractivity contribution >= 4 is 35.4 Å². The van der Waals surface area contributed by atoms with Crippen molar-refractivity contribution in [2.75, 3.05) is 6.67 Å². The number of carboxylic acids is 1. The van der Waals surface area contributed by atoms with Crippen molar-refractivity contribution < 1.29 is 33.4 Å². The van der Waals surface area contributed by atoms with Gasteiger partial charge in [-0.05, 0) is 23.3 Å². The predicted octanol–water partition coefficient (Wildman–Crippen LogP) is 2.81. The molecule has 2 aromatic carbocycles. The molecule has 3 N–H and O–H groups in total. The van der Waals surface area contributed by atoms with Gasteiger partial charge in [-0.3, -0.25) is 14.4 Å². The zero-order valence-electron chi connectivity index (χ0n) is 16.2. The van der Waals surface area contributed by atoms with Gasteiger partial charge in [0.05, 0.1) is 6.42 Å². The smallest absolute Gasteiger partial charge is 0.408 e. The molecule has 0 fully saturated rings. The number of carbonyl (C=O) groups excluding carboxylic acids is 3. The standard InChI is InChI=1S/C21H20ClFN2O6/c22-15-8-6-14(7-9-15)19(20(29)24-16(10-18(27)28)17(26)11-23)25-21(30)31-12-13-4-2-1-3-5-13/h1-9,16,19H,10-12H2,(H,24,29)(H,25,30)(H,27,28)/t16-,19-/m0/s1. The third-order valence-electron chi connectivity index (χ3n) is 4.16. The van der Waals surface area contributed by atoms with Gasteiger partial charge in [0.2, 0.25) is 5.91 Å². The van der Waals surface area contributed by atoms with Crippen LogP contribution >= 0.6 is 11.6 Å². The SMILES string of the molecule is O=C(O)C[C@H](NC(=O)[C@@H](NC(=O)OCc1ccccc1)c1ccc(Cl)cc1)C(=O)CF. The number of benzene rings is 2. The molecule has 0 spiro atoms. The fraction of sp³-hybridized carbons (Fsp3) is 0.238. The van der Waals surface area contributed by atoms with Crippen LogP contribution in [0.25, 0.3) is 0 Å². The van der Waals surface area contributed by atoms with Gasteiger partial charge in [-0.2, -0.15) is 0 Å². The molecule has 0 unspecified atom stereocenters. The summed E-state index contributed by atoms with van der Waals surface area (Å²) in [6.45, 7) is -1.50. The van der Waals surface area contributed by atoms with E-state index in [0.29, 0.717) is 10.6 Å². The fourth-order valence-electron chi connectivity index (χ4n) is 2.61. The van der Waals surface area contributed by atoms with Crippen molar-refractivity contribution in [3.05, 3.63) is 70.7 Å². The molecule has 2 rings (SSSR count). The zero-order chi connectivity index (χ0) is 22.8. The van der Waals surface area contributed by atoms with Crippen LogP contribution in [0.2, 0.25) is 5.02 Å². The Morgan fingerprint density at radius 2 is 1.65 bits per heavy atom. The Labute approximate surface area is 182 Å². The van der Waals surface area contributed by atoms with E-state index in [1.807, 2.05) is 0 Å². The lowest BCUT2D eigenvalue weighted by Crippen LogP contribution is -2.48. The third kappa shape index (κ3) is 7.71. The van der Waals surface area contributed by atoms with Crippen molar-refractivity contribution in [3.8, 4) is 0 Å². The second-order valence-electron chi connectivity index (χ2n) is 6.45. The van der Waals surface area contributed by atoms with Gasteiger partial charge in [-0.15, -0.1) is 0 Å². The number of hydrogen-bond acceptors (Lipinski definition) is 5. The molecular weight excluding hydrogens is 431 g/mol. The van der Waals surface area contributed by atoms with E-state index in [4.69, 9.17) is 21.4 Å². The Morgan fingerprint density at radius 1 is 1.00 bits per heavy atom. The van der Waals surface area contributed by atoms with Crippen LogP contribution in [0, 0.1) is 0 Å². The first-order valence-electron chi connectivity index (χ1n) is 9.13. The van der Waals surface area contributed by atoms with Gasteiger partial charge in [0.1, 0.15) is 25.4 Å². The highest BCUT2D eigenvalue weighted by Gasteiger charge is 2.29. The summed E-state index contributed by atoms with van der Waals surface area (Å²) in [5.41, 5.74) is 1.01. The number of Topliss-reactive ketones (excluding diaryl/α,β-unsaturated/α-hetero) is 1. The zero-order valence-corrected chi connectivity index (χ0v) is 17.0. The summed E-state index contributed by atoms with van der Waals surface area (Å²) >= 11 is 5.86. The summed E-state index contributed by atoms with van der Waals surface area (Å²) in [4.78, 5) is 47.7. The van der Waals surface area contributed by atoms with Gasteiger partial charge < -0.3 is 20.5 Å². The Kier molecular flexibility index (Phi) is 8.95. The number of alkyl carbamates (subject to hydrolysis) is 1. The van der Waals surface area contributed by atoms with E-state index in [2.05, 4.69) is 10.6 Å². The molecule has 10 heteroatoms. The first kappa shape index (κ1) is 23.8. The number of halogens is 2. The van der Waals surface area contributed by atoms with Crippen LogP contribution in [-0.4, -0.2) is 41.6 Å². The molecule has 0 aliphatic heterocycles. The highest BCUT2D eigenvalue weighted by Crippen LogP contribution is 2.18. The van der Waals surface area contributed by atoms with E-state index in [-0.39, 0.29) is 6.61 Å². The Balaban J connectivity index is 2.16. The van der Waals surface area contributed by atoms with Crippen molar-refractivity contribution in [1.82, 2.24) is 10.6 Å². The summed E-state index contributed by atoms with van der Waals surface area (Å²) < 4.78 is 17.9. The quantitative estimate of drug-likeness (QED) is 0.511. The average molecular weight is 451 g/mol. The molecule has 0 aliphatic rings. The Morgan fingerprint density at radius 3 is 2.23 bits per heavy atom. The van der Waals surface area contributed by atoms with Gasteiger partial charge >= 0.3 is 12.1 Å². The fourth-order valence-corrected chi connectivity index (χ4v) is 2.73. The highest BCUT2D eigenvalue weighted by atomic mass is 35.5. The number of rotatable bonds is 10. The van der Waals surface area contributed by atoms with Crippen molar-refractivity contribution in [2.24, 2.45) is 0 Å². The lowest BCUT2D eigenvalue weighted by molar-refractivity contribution is -0.140. The number of alkyl halides is 1. The van der Waals surface area contributed by atoms with Crippen molar-refractivity contribution in [1.29, 1.82) is 0 Å². The van der Waals surface area contributed by atoms with Gasteiger partial charge in [0.15, 0.2) is 5.78 Å². The number of ketones is 1. The largest absolute Gasteiger partial charge is 0.481 e. The summed E-state index contributed by atoms with van der Waals surface area (Å²) in [5.74, 6) is -3.41. The van der Waals surface area contributed by atoms with E-state index in [1.165, 1.54) is 24.3 Å². The van der Waals surface area contributed by atoms with Gasteiger partial charge in [0.25, 0.3) is 0 Å². The molecule has 8 nitrogen and oxygen atoms in total. The summed E-state index contributed by atoms with van der Waals surface area (Å²) in [5, 5.41) is 13.8. The van der Waals surface area contributed by atoms with Gasteiger partial charge in [-0.1, -0.05) is 54.1 Å². The Hall–Kier alpha value is -3.46. The topological polar surface area (TPSA) is 122 Å². The molecule has 0 heterocycles. The predicted molar refractivity (Wildman–Crippen MR) is 109 cm³/mol. The van der Waals surface area contributed by atoms with Crippen LogP contribution < -0.4 is 10.6 Å². The van der Waals surface area contributed by atoms with Crippen LogP contribution in [0.1, 0.15) is 23.6 Å². The molecule has 0 saturated carbocycles. The van der Waals surface area contributed by atoms with Gasteiger partial charge in [-0.25, -0.2) is 9.18 Å². The second kappa shape index (κ2) is 11.7. The minimum atomic E-state index is -1.59. The third-order valence-corrected chi connectivity index (χ3v) is 4.41. The van der Waals surface area contributed by atoms with Crippen LogP contribution in [0.5, 0.6) is 0 Å². The summed E-state index contributed by atoms with van der Waals surface area (Å²) in [6.07, 6.45) is -1.73. The number of carbonyl (C=O) groups is 4. The van der Waals surface area contributed by atoms with E-state index in [9.17, 15) is 23.6 Å². The molecule has 0 radical (unpaired) electrons. The Bertz CT molecular complexity index is 923. The van der Waals surface area contributed by atoms with Crippen molar-refractivity contribution in [2.45, 2.75) is 25.1 Å². The number of nitrogens with one attached hydrogen (secondary N) is 2. The number of carboxylic acid groups (broad SMARTS) is 1. The van der Waals surface area contributed by atoms with E-state index in [1.54, 1.807) is 30.3 Å². The monoisotopic (exact) mass is 450 g/mol. The first-order chi connectivity index (χ1) is 14.8. The van der Waals surface area contributed by atoms with Crippen LogP contribution in [-0.2, 0) is 25.7 Å². The maximum Gasteiger partial charge on any atom is 0.408 e. The minimum Gasteiger partial charge on any atom is -0.481 e. The minimum absolute atomic E-state index is 0.0520. The maximum absolute atomic E-state index is 12.8. The molecule has 2 aromatic rings. The molecule has 2 atom stereocenters. The lowest BCUT2D eigenvalue weighted by atomic mass is 10.0. The average Bonchev–Trinajstić information content (AvgIpc) is 2.76. The van der Waals surface area contributed by atoms with Crippen LogP contribution in [0.15, 0.2) is 54.6 Å². The van der Waals surface area contributed by atoms with E-state index < -0.39 is 48.9 Å². The molecule has 0 aliphatic carbocycles. The highest BCUT2D eigenvalue weighted by molar-refractivity contribution is 6.30. The molecule has 0 bridgehead atoms. The molecule has 164 valence electrons. The van der Waals surface area contributed by atoms with Crippen molar-refractivity contribution in [3.63, 3.8) is 0 Å². The van der Waals surface area contributed by atoms with E-state index in [0.717, 1.165) is 5.56 Å². The second-order valence-corrected chi connectivity index (χ2v) is 6.89. The normalized spacial score (nSPS) is 12.3. The first-order valence-corrected chi connectivity index (χ1v) is 9.51. The number of amides is 2. The van der Waals surface area contributed by atoms with Crippen LogP contribution in [0.3, 0.4) is 0 Å². The molecule has 31 heavy (non-hydrogen) atoms. The lowest BCUT2D eigenvalue weighted by Gasteiger charge is -2.22. The summed E-state index contributed by atoms with van der Waals surface area (Å²) in [6, 6.07) is 11.8. The van der Waals surface area contributed by atoms with E-state index >= 15 is 0 Å². The molecule has 2 amide bonds. The number of ether oxygens (including phenoxy) is 1. The molecular formula is C21H20ClFN2O6. The summed E-state index contributed by atoms with van der Waals surface area (Å²) in [7, 11) is 0.